The summed E-state index contributed by atoms with van der Waals surface area (Å²) >= 11 is 2.43. The number of alkyl halides is 3. The van der Waals surface area contributed by atoms with E-state index in [1.165, 1.54) is 24.5 Å². The van der Waals surface area contributed by atoms with Gasteiger partial charge in [-0.15, -0.1) is 22.7 Å². The third kappa shape index (κ3) is 6.41. The molecule has 1 aliphatic rings. The topological polar surface area (TPSA) is 115 Å². The van der Waals surface area contributed by atoms with Crippen molar-refractivity contribution in [2.24, 2.45) is 0 Å². The van der Waals surface area contributed by atoms with Gasteiger partial charge < -0.3 is 10.1 Å². The number of carbonyl (C=O) groups excluding carboxylic acids is 2. The van der Waals surface area contributed by atoms with Crippen molar-refractivity contribution in [3.63, 3.8) is 0 Å². The SMILES string of the molecule is COC(=O)c1c(NC(=O)CCCS(=O)(=O)c2nc(-c3cccs3)cc(C(F)(F)F)n2)sc2c1CCCCC2. The molecule has 0 bridgehead atoms. The first-order chi connectivity index (χ1) is 18.0. The molecule has 3 aromatic rings. The first-order valence-corrected chi connectivity index (χ1v) is 15.1. The van der Waals surface area contributed by atoms with Gasteiger partial charge in [-0.1, -0.05) is 12.5 Å². The lowest BCUT2D eigenvalue weighted by molar-refractivity contribution is -0.141. The minimum absolute atomic E-state index is 0.147. The van der Waals surface area contributed by atoms with Crippen LogP contribution in [0.2, 0.25) is 0 Å². The van der Waals surface area contributed by atoms with Crippen LogP contribution >= 0.6 is 22.7 Å². The van der Waals surface area contributed by atoms with E-state index in [4.69, 9.17) is 4.74 Å². The fourth-order valence-corrected chi connectivity index (χ4v) is 7.27. The molecular weight excluding hydrogens is 563 g/mol. The molecule has 204 valence electrons. The molecule has 14 heteroatoms. The molecule has 0 saturated heterocycles. The normalized spacial score (nSPS) is 14.0. The van der Waals surface area contributed by atoms with Crippen LogP contribution in [0.4, 0.5) is 18.2 Å². The zero-order valence-electron chi connectivity index (χ0n) is 20.3. The van der Waals surface area contributed by atoms with E-state index in [1.807, 2.05) is 0 Å². The second-order valence-corrected chi connectivity index (χ2v) is 12.7. The number of carbonyl (C=O) groups is 2. The van der Waals surface area contributed by atoms with E-state index in [0.29, 0.717) is 27.9 Å². The lowest BCUT2D eigenvalue weighted by Crippen LogP contribution is -2.18. The van der Waals surface area contributed by atoms with Gasteiger partial charge >= 0.3 is 12.1 Å². The Kier molecular flexibility index (Phi) is 8.52. The van der Waals surface area contributed by atoms with E-state index in [0.717, 1.165) is 47.5 Å². The molecule has 0 unspecified atom stereocenters. The van der Waals surface area contributed by atoms with Crippen LogP contribution in [-0.4, -0.2) is 43.1 Å². The molecule has 38 heavy (non-hydrogen) atoms. The fraction of sp³-hybridized carbons (Fsp3) is 0.417. The molecule has 1 N–H and O–H groups in total. The van der Waals surface area contributed by atoms with Crippen molar-refractivity contribution in [3.05, 3.63) is 45.3 Å². The van der Waals surface area contributed by atoms with E-state index in [-0.39, 0.29) is 18.5 Å². The van der Waals surface area contributed by atoms with Crippen LogP contribution in [0, 0.1) is 0 Å². The third-order valence-electron chi connectivity index (χ3n) is 5.93. The number of anilines is 1. The molecule has 0 fully saturated rings. The number of esters is 1. The highest BCUT2D eigenvalue weighted by atomic mass is 32.2. The van der Waals surface area contributed by atoms with E-state index >= 15 is 0 Å². The molecule has 3 aromatic heterocycles. The number of thiophene rings is 2. The molecular formula is C24H24F3N3O5S3. The van der Waals surface area contributed by atoms with E-state index in [2.05, 4.69) is 15.3 Å². The van der Waals surface area contributed by atoms with Gasteiger partial charge in [0.1, 0.15) is 10.7 Å². The molecule has 4 rings (SSSR count). The number of aromatic nitrogens is 2. The number of methoxy groups -OCH3 is 1. The summed E-state index contributed by atoms with van der Waals surface area (Å²) in [5, 5.41) is 3.75. The van der Waals surface area contributed by atoms with Crippen molar-refractivity contribution in [1.82, 2.24) is 9.97 Å². The monoisotopic (exact) mass is 587 g/mol. The number of fused-ring (bicyclic) bond motifs is 1. The van der Waals surface area contributed by atoms with Crippen LogP contribution in [-0.2, 0) is 38.4 Å². The summed E-state index contributed by atoms with van der Waals surface area (Å²) in [6.07, 6.45) is -0.842. The van der Waals surface area contributed by atoms with Crippen LogP contribution < -0.4 is 5.32 Å². The predicted octanol–water partition coefficient (Wildman–Crippen LogP) is 5.53. The first-order valence-electron chi connectivity index (χ1n) is 11.7. The number of hydrogen-bond donors (Lipinski definition) is 1. The second-order valence-electron chi connectivity index (χ2n) is 8.63. The highest BCUT2D eigenvalue weighted by Crippen LogP contribution is 2.38. The van der Waals surface area contributed by atoms with Gasteiger partial charge in [-0.05, 0) is 55.2 Å². The van der Waals surface area contributed by atoms with Gasteiger partial charge in [-0.3, -0.25) is 4.79 Å². The highest BCUT2D eigenvalue weighted by Gasteiger charge is 2.35. The van der Waals surface area contributed by atoms with Gasteiger partial charge in [0.05, 0.1) is 29.0 Å². The van der Waals surface area contributed by atoms with Gasteiger partial charge in [0.2, 0.25) is 20.9 Å². The Bertz CT molecular complexity index is 1430. The summed E-state index contributed by atoms with van der Waals surface area (Å²) in [5.74, 6) is -1.70. The number of nitrogens with zero attached hydrogens (tertiary/aromatic N) is 2. The number of rotatable bonds is 8. The van der Waals surface area contributed by atoms with Gasteiger partial charge in [0.15, 0.2) is 0 Å². The van der Waals surface area contributed by atoms with Crippen LogP contribution in [0.1, 0.15) is 58.6 Å². The molecule has 1 aliphatic carbocycles. The third-order valence-corrected chi connectivity index (χ3v) is 9.59. The molecule has 0 spiro atoms. The van der Waals surface area contributed by atoms with Gasteiger partial charge in [-0.2, -0.15) is 13.2 Å². The average molecular weight is 588 g/mol. The fourth-order valence-electron chi connectivity index (χ4n) is 4.11. The molecule has 0 aromatic carbocycles. The van der Waals surface area contributed by atoms with Crippen LogP contribution in [0.3, 0.4) is 0 Å². The van der Waals surface area contributed by atoms with Crippen molar-refractivity contribution in [2.75, 3.05) is 18.2 Å². The number of halogens is 3. The van der Waals surface area contributed by atoms with Crippen molar-refractivity contribution in [3.8, 4) is 10.6 Å². The molecule has 3 heterocycles. The largest absolute Gasteiger partial charge is 0.465 e. The number of aryl methyl sites for hydroxylation is 1. The Morgan fingerprint density at radius 2 is 1.92 bits per heavy atom. The van der Waals surface area contributed by atoms with Gasteiger partial charge in [-0.25, -0.2) is 23.2 Å². The molecule has 0 radical (unpaired) electrons. The maximum atomic E-state index is 13.4. The quantitative estimate of drug-likeness (QED) is 0.209. The molecule has 8 nitrogen and oxygen atoms in total. The van der Waals surface area contributed by atoms with E-state index in [1.54, 1.807) is 11.4 Å². The van der Waals surface area contributed by atoms with Crippen molar-refractivity contribution < 1.29 is 35.9 Å². The minimum atomic E-state index is -4.87. The molecule has 0 atom stereocenters. The van der Waals surface area contributed by atoms with Crippen molar-refractivity contribution in [2.45, 2.75) is 56.3 Å². The van der Waals surface area contributed by atoms with Crippen molar-refractivity contribution >= 4 is 49.4 Å². The summed E-state index contributed by atoms with van der Waals surface area (Å²) in [4.78, 5) is 33.6. The Balaban J connectivity index is 1.47. The summed E-state index contributed by atoms with van der Waals surface area (Å²) in [5.41, 5.74) is -0.305. The number of hydrogen-bond acceptors (Lipinski definition) is 9. The van der Waals surface area contributed by atoms with E-state index in [9.17, 15) is 31.2 Å². The standard InChI is InChI=1S/C24H24F3N3O5S3/c1-35-22(32)20-14-7-3-2-4-8-16(14)37-21(20)30-19(31)10-6-12-38(33,34)23-28-15(17-9-5-11-36-17)13-18(29-23)24(25,26)27/h5,9,11,13H,2-4,6-8,10,12H2,1H3,(H,30,31). The maximum absolute atomic E-state index is 13.4. The Morgan fingerprint density at radius 1 is 1.16 bits per heavy atom. The number of amides is 1. The van der Waals surface area contributed by atoms with Crippen LogP contribution in [0.5, 0.6) is 0 Å². The predicted molar refractivity (Wildman–Crippen MR) is 137 cm³/mol. The molecule has 1 amide bonds. The lowest BCUT2D eigenvalue weighted by atomic mass is 10.1. The van der Waals surface area contributed by atoms with Gasteiger partial charge in [0.25, 0.3) is 0 Å². The minimum Gasteiger partial charge on any atom is -0.465 e. The molecule has 0 aliphatic heterocycles. The zero-order chi connectivity index (χ0) is 27.5. The Hall–Kier alpha value is -2.84. The van der Waals surface area contributed by atoms with Crippen LogP contribution in [0.15, 0.2) is 28.7 Å². The van der Waals surface area contributed by atoms with Gasteiger partial charge in [0, 0.05) is 11.3 Å². The maximum Gasteiger partial charge on any atom is 0.433 e. The Morgan fingerprint density at radius 3 is 2.61 bits per heavy atom. The van der Waals surface area contributed by atoms with Crippen LogP contribution in [0.25, 0.3) is 10.6 Å². The Labute approximate surface area is 225 Å². The second kappa shape index (κ2) is 11.5. The smallest absolute Gasteiger partial charge is 0.433 e. The van der Waals surface area contributed by atoms with Crippen molar-refractivity contribution in [1.29, 1.82) is 0 Å². The lowest BCUT2D eigenvalue weighted by Gasteiger charge is -2.10. The van der Waals surface area contributed by atoms with E-state index < -0.39 is 44.5 Å². The molecule has 0 saturated carbocycles. The zero-order valence-corrected chi connectivity index (χ0v) is 22.7. The summed E-state index contributed by atoms with van der Waals surface area (Å²) in [7, 11) is -3.06. The summed E-state index contributed by atoms with van der Waals surface area (Å²) in [6.45, 7) is 0. The number of nitrogens with one attached hydrogen (secondary N) is 1. The number of sulfone groups is 1. The summed E-state index contributed by atoms with van der Waals surface area (Å²) < 4.78 is 70.8. The summed E-state index contributed by atoms with van der Waals surface area (Å²) in [6, 6.07) is 3.85. The highest BCUT2D eigenvalue weighted by molar-refractivity contribution is 7.91. The first kappa shape index (κ1) is 28.2. The average Bonchev–Trinajstić information content (AvgIpc) is 3.45. The number of ether oxygens (including phenoxy) is 1.